The molecule has 4 heteroatoms. The lowest BCUT2D eigenvalue weighted by Crippen LogP contribution is -2.44. The Morgan fingerprint density at radius 1 is 1.43 bits per heavy atom. The van der Waals surface area contributed by atoms with E-state index >= 15 is 0 Å². The standard InChI is InChI=1S/C10H11F2NO/c1-6-2-3-10(6,14)9-7(11)4-13-5-8(9)12/h4-6,14H,2-3H2,1H3. The first kappa shape index (κ1) is 9.52. The van der Waals surface area contributed by atoms with Crippen molar-refractivity contribution in [3.63, 3.8) is 0 Å². The van der Waals surface area contributed by atoms with Crippen molar-refractivity contribution in [3.8, 4) is 0 Å². The quantitative estimate of drug-likeness (QED) is 0.750. The Bertz CT molecular complexity index is 349. The van der Waals surface area contributed by atoms with Crippen molar-refractivity contribution in [1.82, 2.24) is 4.98 Å². The van der Waals surface area contributed by atoms with Gasteiger partial charge in [-0.25, -0.2) is 8.78 Å². The van der Waals surface area contributed by atoms with Gasteiger partial charge in [0.15, 0.2) is 11.6 Å². The zero-order valence-corrected chi connectivity index (χ0v) is 7.80. The van der Waals surface area contributed by atoms with E-state index in [9.17, 15) is 13.9 Å². The SMILES string of the molecule is CC1CCC1(O)c1c(F)cncc1F. The van der Waals surface area contributed by atoms with Crippen molar-refractivity contribution < 1.29 is 13.9 Å². The first-order valence-electron chi connectivity index (χ1n) is 4.57. The number of hydrogen-bond acceptors (Lipinski definition) is 2. The predicted molar refractivity (Wildman–Crippen MR) is 46.4 cm³/mol. The van der Waals surface area contributed by atoms with Gasteiger partial charge in [-0.15, -0.1) is 0 Å². The molecule has 0 radical (unpaired) electrons. The second kappa shape index (κ2) is 2.98. The van der Waals surface area contributed by atoms with Crippen LogP contribution in [0.2, 0.25) is 0 Å². The van der Waals surface area contributed by atoms with Crippen LogP contribution >= 0.6 is 0 Å². The maximum absolute atomic E-state index is 13.3. The summed E-state index contributed by atoms with van der Waals surface area (Å²) < 4.78 is 26.6. The zero-order chi connectivity index (χ0) is 10.3. The highest BCUT2D eigenvalue weighted by atomic mass is 19.1. The van der Waals surface area contributed by atoms with Gasteiger partial charge in [-0.1, -0.05) is 6.92 Å². The average Bonchev–Trinajstić information content (AvgIpc) is 2.15. The van der Waals surface area contributed by atoms with Gasteiger partial charge in [0.1, 0.15) is 0 Å². The van der Waals surface area contributed by atoms with E-state index < -0.39 is 17.2 Å². The fourth-order valence-electron chi connectivity index (χ4n) is 1.90. The summed E-state index contributed by atoms with van der Waals surface area (Å²) >= 11 is 0. The molecule has 2 nitrogen and oxygen atoms in total. The molecule has 76 valence electrons. The van der Waals surface area contributed by atoms with Crippen molar-refractivity contribution >= 4 is 0 Å². The molecule has 1 aromatic heterocycles. The third-order valence-corrected chi connectivity index (χ3v) is 3.06. The van der Waals surface area contributed by atoms with Crippen LogP contribution in [-0.4, -0.2) is 10.1 Å². The van der Waals surface area contributed by atoms with Crippen molar-refractivity contribution in [2.45, 2.75) is 25.4 Å². The zero-order valence-electron chi connectivity index (χ0n) is 7.80. The number of halogens is 2. The molecular weight excluding hydrogens is 188 g/mol. The lowest BCUT2D eigenvalue weighted by atomic mass is 9.66. The minimum atomic E-state index is -1.34. The molecule has 1 fully saturated rings. The summed E-state index contributed by atoms with van der Waals surface area (Å²) in [5, 5.41) is 10.0. The van der Waals surface area contributed by atoms with E-state index in [4.69, 9.17) is 0 Å². The van der Waals surface area contributed by atoms with Crippen molar-refractivity contribution in [2.24, 2.45) is 5.92 Å². The predicted octanol–water partition coefficient (Wildman–Crippen LogP) is 1.98. The molecule has 1 heterocycles. The van der Waals surface area contributed by atoms with E-state index in [2.05, 4.69) is 4.98 Å². The molecule has 0 aliphatic heterocycles. The van der Waals surface area contributed by atoms with E-state index in [0.717, 1.165) is 18.8 Å². The Labute approximate surface area is 80.6 Å². The van der Waals surface area contributed by atoms with Gasteiger partial charge in [0.05, 0.1) is 23.6 Å². The highest BCUT2D eigenvalue weighted by molar-refractivity contribution is 5.26. The van der Waals surface area contributed by atoms with E-state index in [1.807, 2.05) is 0 Å². The van der Waals surface area contributed by atoms with Crippen LogP contribution in [0.1, 0.15) is 25.3 Å². The third-order valence-electron chi connectivity index (χ3n) is 3.06. The van der Waals surface area contributed by atoms with Gasteiger partial charge in [-0.05, 0) is 18.8 Å². The Hall–Kier alpha value is -1.03. The smallest absolute Gasteiger partial charge is 0.150 e. The molecule has 2 unspecified atom stereocenters. The van der Waals surface area contributed by atoms with Gasteiger partial charge in [0.2, 0.25) is 0 Å². The molecule has 0 saturated heterocycles. The lowest BCUT2D eigenvalue weighted by Gasteiger charge is -2.43. The van der Waals surface area contributed by atoms with Crippen LogP contribution < -0.4 is 0 Å². The van der Waals surface area contributed by atoms with Crippen LogP contribution in [0, 0.1) is 17.6 Å². The summed E-state index contributed by atoms with van der Waals surface area (Å²) in [6, 6.07) is 0. The van der Waals surface area contributed by atoms with Crippen LogP contribution in [-0.2, 0) is 5.60 Å². The fraction of sp³-hybridized carbons (Fsp3) is 0.500. The molecule has 2 rings (SSSR count). The highest BCUT2D eigenvalue weighted by Gasteiger charge is 2.47. The van der Waals surface area contributed by atoms with E-state index in [1.54, 1.807) is 6.92 Å². The summed E-state index contributed by atoms with van der Waals surface area (Å²) in [4.78, 5) is 3.38. The van der Waals surface area contributed by atoms with Crippen LogP contribution in [0.25, 0.3) is 0 Å². The molecule has 1 N–H and O–H groups in total. The normalized spacial score (nSPS) is 31.3. The summed E-state index contributed by atoms with van der Waals surface area (Å²) in [6.07, 6.45) is 3.06. The fourth-order valence-corrected chi connectivity index (χ4v) is 1.90. The lowest BCUT2D eigenvalue weighted by molar-refractivity contribution is -0.0980. The Morgan fingerprint density at radius 3 is 2.36 bits per heavy atom. The van der Waals surface area contributed by atoms with E-state index in [-0.39, 0.29) is 11.5 Å². The minimum Gasteiger partial charge on any atom is -0.385 e. The summed E-state index contributed by atoms with van der Waals surface area (Å²) in [5.41, 5.74) is -1.57. The van der Waals surface area contributed by atoms with E-state index in [0.29, 0.717) is 6.42 Å². The maximum Gasteiger partial charge on any atom is 0.150 e. The van der Waals surface area contributed by atoms with Gasteiger partial charge in [0, 0.05) is 0 Å². The van der Waals surface area contributed by atoms with Crippen LogP contribution in [0.5, 0.6) is 0 Å². The average molecular weight is 199 g/mol. The van der Waals surface area contributed by atoms with Gasteiger partial charge in [0.25, 0.3) is 0 Å². The molecule has 2 atom stereocenters. The first-order valence-corrected chi connectivity index (χ1v) is 4.57. The summed E-state index contributed by atoms with van der Waals surface area (Å²) in [6.45, 7) is 1.78. The molecule has 14 heavy (non-hydrogen) atoms. The topological polar surface area (TPSA) is 33.1 Å². The van der Waals surface area contributed by atoms with Gasteiger partial charge >= 0.3 is 0 Å². The number of nitrogens with zero attached hydrogens (tertiary/aromatic N) is 1. The maximum atomic E-state index is 13.3. The van der Waals surface area contributed by atoms with Gasteiger partial charge in [-0.3, -0.25) is 4.98 Å². The van der Waals surface area contributed by atoms with Crippen molar-refractivity contribution in [1.29, 1.82) is 0 Å². The number of rotatable bonds is 1. The molecule has 1 aromatic rings. The molecule has 1 aliphatic carbocycles. The second-order valence-corrected chi connectivity index (χ2v) is 3.84. The number of pyridine rings is 1. The molecule has 0 amide bonds. The molecule has 1 aliphatic rings. The van der Waals surface area contributed by atoms with E-state index in [1.165, 1.54) is 0 Å². The highest BCUT2D eigenvalue weighted by Crippen LogP contribution is 2.47. The largest absolute Gasteiger partial charge is 0.385 e. The summed E-state index contributed by atoms with van der Waals surface area (Å²) in [5.74, 6) is -1.63. The third kappa shape index (κ3) is 1.14. The van der Waals surface area contributed by atoms with Crippen molar-refractivity contribution in [2.75, 3.05) is 0 Å². The molecular formula is C10H11F2NO. The minimum absolute atomic E-state index is 0.103. The van der Waals surface area contributed by atoms with Crippen molar-refractivity contribution in [3.05, 3.63) is 29.6 Å². The molecule has 0 spiro atoms. The Kier molecular flexibility index (Phi) is 2.03. The monoisotopic (exact) mass is 199 g/mol. The first-order chi connectivity index (χ1) is 6.55. The number of hydrogen-bond donors (Lipinski definition) is 1. The van der Waals surface area contributed by atoms with Gasteiger partial charge in [-0.2, -0.15) is 0 Å². The van der Waals surface area contributed by atoms with Crippen LogP contribution in [0.3, 0.4) is 0 Å². The molecule has 1 saturated carbocycles. The Balaban J connectivity index is 2.50. The number of aromatic nitrogens is 1. The second-order valence-electron chi connectivity index (χ2n) is 3.84. The Morgan fingerprint density at radius 2 is 2.00 bits per heavy atom. The van der Waals surface area contributed by atoms with Crippen LogP contribution in [0.4, 0.5) is 8.78 Å². The molecule has 0 bridgehead atoms. The molecule has 0 aromatic carbocycles. The van der Waals surface area contributed by atoms with Crippen LogP contribution in [0.15, 0.2) is 12.4 Å². The summed E-state index contributed by atoms with van der Waals surface area (Å²) in [7, 11) is 0. The van der Waals surface area contributed by atoms with Gasteiger partial charge < -0.3 is 5.11 Å². The number of aliphatic hydroxyl groups is 1.